The summed E-state index contributed by atoms with van der Waals surface area (Å²) in [5, 5.41) is 0. The van der Waals surface area contributed by atoms with Gasteiger partial charge in [0.25, 0.3) is 0 Å². The highest BCUT2D eigenvalue weighted by molar-refractivity contribution is 4.82. The number of rotatable bonds is 5. The first-order valence-electron chi connectivity index (χ1n) is 5.21. The second kappa shape index (κ2) is 6.28. The van der Waals surface area contributed by atoms with Crippen LogP contribution in [0.2, 0.25) is 0 Å². The molecule has 0 N–H and O–H groups in total. The lowest BCUT2D eigenvalue weighted by Crippen LogP contribution is -2.02. The summed E-state index contributed by atoms with van der Waals surface area (Å²) in [6, 6.07) is 0. The van der Waals surface area contributed by atoms with Crippen LogP contribution in [0.1, 0.15) is 59.8 Å². The molecule has 0 saturated carbocycles. The van der Waals surface area contributed by atoms with Crippen molar-refractivity contribution < 1.29 is 0 Å². The first kappa shape index (κ1) is 11.7. The fourth-order valence-electron chi connectivity index (χ4n) is 1.07. The molecule has 0 radical (unpaired) electrons. The summed E-state index contributed by atoms with van der Waals surface area (Å²) in [6.45, 7) is 9.13. The van der Waals surface area contributed by atoms with Crippen molar-refractivity contribution in [3.63, 3.8) is 0 Å². The summed E-state index contributed by atoms with van der Waals surface area (Å²) in [4.78, 5) is 0. The van der Waals surface area contributed by atoms with Crippen molar-refractivity contribution in [2.45, 2.75) is 59.8 Å². The van der Waals surface area contributed by atoms with Gasteiger partial charge in [-0.05, 0) is 24.7 Å². The molecule has 72 valence electrons. The van der Waals surface area contributed by atoms with Crippen molar-refractivity contribution in [2.24, 2.45) is 5.41 Å². The average molecular weight is 168 g/mol. The van der Waals surface area contributed by atoms with E-state index in [0.29, 0.717) is 5.41 Å². The van der Waals surface area contributed by atoms with Gasteiger partial charge in [-0.25, -0.2) is 0 Å². The third-order valence-corrected chi connectivity index (χ3v) is 1.95. The molecule has 0 nitrogen and oxygen atoms in total. The normalized spacial score (nSPS) is 12.7. The Morgan fingerprint density at radius 1 is 1.00 bits per heavy atom. The lowest BCUT2D eigenvalue weighted by molar-refractivity contribution is 0.381. The van der Waals surface area contributed by atoms with Gasteiger partial charge in [-0.2, -0.15) is 0 Å². The van der Waals surface area contributed by atoms with Crippen LogP contribution in [-0.2, 0) is 0 Å². The standard InChI is InChI=1S/C12H24/c1-5-6-7-8-9-10-11-12(2,3)4/h8-9H,5-7,10-11H2,1-4H3/b9-8+. The lowest BCUT2D eigenvalue weighted by atomic mass is 9.90. The van der Waals surface area contributed by atoms with Gasteiger partial charge < -0.3 is 0 Å². The van der Waals surface area contributed by atoms with E-state index in [1.54, 1.807) is 0 Å². The summed E-state index contributed by atoms with van der Waals surface area (Å²) in [7, 11) is 0. The third-order valence-electron chi connectivity index (χ3n) is 1.95. The lowest BCUT2D eigenvalue weighted by Gasteiger charge is -2.15. The van der Waals surface area contributed by atoms with Crippen LogP contribution in [0, 0.1) is 5.41 Å². The Hall–Kier alpha value is -0.260. The molecule has 0 heterocycles. The van der Waals surface area contributed by atoms with Gasteiger partial charge in [-0.15, -0.1) is 0 Å². The molecule has 0 aliphatic heterocycles. The molecule has 0 saturated heterocycles. The van der Waals surface area contributed by atoms with Crippen LogP contribution in [0.15, 0.2) is 12.2 Å². The number of hydrogen-bond acceptors (Lipinski definition) is 0. The maximum Gasteiger partial charge on any atom is -0.0346 e. The number of allylic oxidation sites excluding steroid dienone is 2. The smallest absolute Gasteiger partial charge is 0.0346 e. The van der Waals surface area contributed by atoms with Crippen LogP contribution in [0.4, 0.5) is 0 Å². The number of hydrogen-bond donors (Lipinski definition) is 0. The fourth-order valence-corrected chi connectivity index (χ4v) is 1.07. The highest BCUT2D eigenvalue weighted by Crippen LogP contribution is 2.20. The largest absolute Gasteiger partial charge is 0.0885 e. The molecule has 12 heavy (non-hydrogen) atoms. The molecule has 0 fully saturated rings. The van der Waals surface area contributed by atoms with Gasteiger partial charge in [0.2, 0.25) is 0 Å². The van der Waals surface area contributed by atoms with E-state index in [0.717, 1.165) is 0 Å². The third kappa shape index (κ3) is 9.74. The van der Waals surface area contributed by atoms with Crippen molar-refractivity contribution in [3.8, 4) is 0 Å². The van der Waals surface area contributed by atoms with Gasteiger partial charge in [0.1, 0.15) is 0 Å². The van der Waals surface area contributed by atoms with E-state index >= 15 is 0 Å². The topological polar surface area (TPSA) is 0 Å². The van der Waals surface area contributed by atoms with Crippen LogP contribution >= 0.6 is 0 Å². The highest BCUT2D eigenvalue weighted by atomic mass is 14.1. The van der Waals surface area contributed by atoms with Gasteiger partial charge >= 0.3 is 0 Å². The van der Waals surface area contributed by atoms with E-state index in [1.807, 2.05) is 0 Å². The molecule has 0 spiro atoms. The van der Waals surface area contributed by atoms with Crippen LogP contribution in [-0.4, -0.2) is 0 Å². The Bertz CT molecular complexity index is 114. The Morgan fingerprint density at radius 2 is 1.58 bits per heavy atom. The number of unbranched alkanes of at least 4 members (excludes halogenated alkanes) is 2. The van der Waals surface area contributed by atoms with Gasteiger partial charge in [-0.1, -0.05) is 52.7 Å². The predicted molar refractivity (Wildman–Crippen MR) is 57.4 cm³/mol. The van der Waals surface area contributed by atoms with E-state index in [-0.39, 0.29) is 0 Å². The van der Waals surface area contributed by atoms with Crippen LogP contribution in [0.3, 0.4) is 0 Å². The van der Waals surface area contributed by atoms with Crippen molar-refractivity contribution in [2.75, 3.05) is 0 Å². The summed E-state index contributed by atoms with van der Waals surface area (Å²) in [5.41, 5.74) is 0.495. The summed E-state index contributed by atoms with van der Waals surface area (Å²) < 4.78 is 0. The molecule has 0 heteroatoms. The summed E-state index contributed by atoms with van der Waals surface area (Å²) in [6.07, 6.45) is 11.1. The van der Waals surface area contributed by atoms with Crippen molar-refractivity contribution >= 4 is 0 Å². The van der Waals surface area contributed by atoms with Crippen molar-refractivity contribution in [1.29, 1.82) is 0 Å². The zero-order valence-electron chi connectivity index (χ0n) is 9.19. The van der Waals surface area contributed by atoms with E-state index in [1.165, 1.54) is 32.1 Å². The first-order valence-corrected chi connectivity index (χ1v) is 5.21. The van der Waals surface area contributed by atoms with Gasteiger partial charge in [0, 0.05) is 0 Å². The average Bonchev–Trinajstić information content (AvgIpc) is 1.94. The minimum atomic E-state index is 0.495. The highest BCUT2D eigenvalue weighted by Gasteiger charge is 2.07. The SMILES string of the molecule is CCCC/C=C/CCC(C)(C)C. The molecule has 0 aromatic carbocycles. The Balaban J connectivity index is 3.25. The van der Waals surface area contributed by atoms with E-state index < -0.39 is 0 Å². The monoisotopic (exact) mass is 168 g/mol. The predicted octanol–water partition coefficient (Wildman–Crippen LogP) is 4.56. The fraction of sp³-hybridized carbons (Fsp3) is 0.833. The zero-order chi connectivity index (χ0) is 9.45. The van der Waals surface area contributed by atoms with Crippen LogP contribution in [0.25, 0.3) is 0 Å². The molecule has 0 amide bonds. The molecular formula is C12H24. The maximum atomic E-state index is 2.33. The molecule has 0 atom stereocenters. The Morgan fingerprint density at radius 3 is 2.08 bits per heavy atom. The van der Waals surface area contributed by atoms with E-state index in [4.69, 9.17) is 0 Å². The second-order valence-corrected chi connectivity index (χ2v) is 4.71. The molecular weight excluding hydrogens is 144 g/mol. The molecule has 0 aromatic heterocycles. The van der Waals surface area contributed by atoms with Crippen molar-refractivity contribution in [3.05, 3.63) is 12.2 Å². The van der Waals surface area contributed by atoms with Crippen LogP contribution < -0.4 is 0 Å². The summed E-state index contributed by atoms with van der Waals surface area (Å²) >= 11 is 0. The maximum absolute atomic E-state index is 2.33. The Labute approximate surface area is 78.1 Å². The quantitative estimate of drug-likeness (QED) is 0.417. The second-order valence-electron chi connectivity index (χ2n) is 4.71. The molecule has 0 bridgehead atoms. The molecule has 0 aliphatic carbocycles. The Kier molecular flexibility index (Phi) is 6.14. The van der Waals surface area contributed by atoms with Gasteiger partial charge in [0.05, 0.1) is 0 Å². The zero-order valence-corrected chi connectivity index (χ0v) is 9.19. The van der Waals surface area contributed by atoms with E-state index in [9.17, 15) is 0 Å². The summed E-state index contributed by atoms with van der Waals surface area (Å²) in [5.74, 6) is 0. The minimum Gasteiger partial charge on any atom is -0.0885 e. The van der Waals surface area contributed by atoms with E-state index in [2.05, 4.69) is 39.8 Å². The van der Waals surface area contributed by atoms with Crippen LogP contribution in [0.5, 0.6) is 0 Å². The molecule has 0 rings (SSSR count). The van der Waals surface area contributed by atoms with Crippen molar-refractivity contribution in [1.82, 2.24) is 0 Å². The molecule has 0 aliphatic rings. The molecule has 0 aromatic rings. The molecule has 0 unspecified atom stereocenters. The van der Waals surface area contributed by atoms with Gasteiger partial charge in [-0.3, -0.25) is 0 Å². The van der Waals surface area contributed by atoms with Gasteiger partial charge in [0.15, 0.2) is 0 Å². The first-order chi connectivity index (χ1) is 5.56. The minimum absolute atomic E-state index is 0.495.